The van der Waals surface area contributed by atoms with Crippen LogP contribution in [-0.4, -0.2) is 47.9 Å². The second-order valence-corrected chi connectivity index (χ2v) is 6.95. The number of carbonyl (C=O) groups excluding carboxylic acids is 2. The van der Waals surface area contributed by atoms with E-state index in [0.29, 0.717) is 5.82 Å². The number of carbonyl (C=O) groups is 2. The molecule has 2 N–H and O–H groups in total. The lowest BCUT2D eigenvalue weighted by molar-refractivity contribution is -0.121. The number of nitrogens with zero attached hydrogens (tertiary/aromatic N) is 3. The highest BCUT2D eigenvalue weighted by Gasteiger charge is 2.17. The lowest BCUT2D eigenvalue weighted by atomic mass is 9.98. The van der Waals surface area contributed by atoms with Gasteiger partial charge in [0.25, 0.3) is 0 Å². The van der Waals surface area contributed by atoms with E-state index in [9.17, 15) is 9.59 Å². The fraction of sp³-hybridized carbons (Fsp3) is 0.529. The molecule has 1 rings (SSSR count). The highest BCUT2D eigenvalue weighted by Crippen LogP contribution is 2.21. The molecule has 0 spiro atoms. The zero-order valence-electron chi connectivity index (χ0n) is 15.7. The number of hydrazone groups is 1. The maximum absolute atomic E-state index is 11.9. The summed E-state index contributed by atoms with van der Waals surface area (Å²) in [4.78, 5) is 29.5. The largest absolute Gasteiger partial charge is 0.444 e. The van der Waals surface area contributed by atoms with Crippen LogP contribution < -0.4 is 10.7 Å². The quantitative estimate of drug-likeness (QED) is 0.467. The summed E-state index contributed by atoms with van der Waals surface area (Å²) in [5.41, 5.74) is 2.77. The molecule has 1 aromatic heterocycles. The van der Waals surface area contributed by atoms with Gasteiger partial charge in [-0.1, -0.05) is 6.92 Å². The minimum atomic E-state index is -0.583. The van der Waals surface area contributed by atoms with Crippen LogP contribution in [0.3, 0.4) is 0 Å². The maximum atomic E-state index is 11.9. The number of nitrogens with one attached hydrogen (secondary N) is 2. The molecule has 8 nitrogen and oxygen atoms in total. The van der Waals surface area contributed by atoms with E-state index in [0.717, 1.165) is 5.56 Å². The second-order valence-electron chi connectivity index (χ2n) is 6.95. The highest BCUT2D eigenvalue weighted by molar-refractivity contribution is 5.83. The molecule has 2 amide bonds. The first-order valence-electron chi connectivity index (χ1n) is 8.01. The Balaban J connectivity index is 2.64. The number of amides is 2. The van der Waals surface area contributed by atoms with Gasteiger partial charge in [0.1, 0.15) is 17.8 Å². The molecular weight excluding hydrogens is 322 g/mol. The molecule has 0 radical (unpaired) electrons. The number of anilines is 1. The third kappa shape index (κ3) is 8.69. The SMILES string of the molecule is CC(CC(=O)N/N=C/N(C)C)c1ccnc(NC(=O)OC(C)(C)C)c1. The van der Waals surface area contributed by atoms with Gasteiger partial charge < -0.3 is 9.64 Å². The molecule has 1 unspecified atom stereocenters. The first-order valence-corrected chi connectivity index (χ1v) is 8.01. The Labute approximate surface area is 148 Å². The average molecular weight is 349 g/mol. The van der Waals surface area contributed by atoms with Crippen LogP contribution >= 0.6 is 0 Å². The van der Waals surface area contributed by atoms with Gasteiger partial charge in [-0.25, -0.2) is 15.2 Å². The van der Waals surface area contributed by atoms with Crippen LogP contribution in [0.15, 0.2) is 23.4 Å². The van der Waals surface area contributed by atoms with Gasteiger partial charge in [0.15, 0.2) is 0 Å². The van der Waals surface area contributed by atoms with Crippen molar-refractivity contribution in [3.8, 4) is 0 Å². The molecule has 0 aliphatic rings. The number of rotatable bonds is 6. The Morgan fingerprint density at radius 3 is 2.68 bits per heavy atom. The Morgan fingerprint density at radius 1 is 1.40 bits per heavy atom. The van der Waals surface area contributed by atoms with Crippen molar-refractivity contribution in [2.45, 2.75) is 45.6 Å². The maximum Gasteiger partial charge on any atom is 0.413 e. The molecule has 25 heavy (non-hydrogen) atoms. The standard InChI is InChI=1S/C17H27N5O3/c1-12(9-15(23)21-19-11-22(5)6)13-7-8-18-14(10-13)20-16(24)25-17(2,3)4/h7-8,10-12H,9H2,1-6H3,(H,21,23)(H,18,20,24)/b19-11+. The molecule has 0 saturated heterocycles. The van der Waals surface area contributed by atoms with Gasteiger partial charge in [0.05, 0.1) is 0 Å². The van der Waals surface area contributed by atoms with E-state index in [2.05, 4.69) is 20.8 Å². The van der Waals surface area contributed by atoms with Crippen molar-refractivity contribution in [3.05, 3.63) is 23.9 Å². The van der Waals surface area contributed by atoms with Crippen LogP contribution in [0.25, 0.3) is 0 Å². The molecule has 0 saturated carbocycles. The number of hydrogen-bond donors (Lipinski definition) is 2. The minimum Gasteiger partial charge on any atom is -0.444 e. The Bertz CT molecular complexity index is 623. The monoisotopic (exact) mass is 349 g/mol. The molecule has 0 aromatic carbocycles. The molecule has 0 aliphatic carbocycles. The van der Waals surface area contributed by atoms with Crippen molar-refractivity contribution in [2.24, 2.45) is 5.10 Å². The average Bonchev–Trinajstić information content (AvgIpc) is 2.44. The van der Waals surface area contributed by atoms with Gasteiger partial charge in [-0.3, -0.25) is 10.1 Å². The summed E-state index contributed by atoms with van der Waals surface area (Å²) in [6, 6.07) is 3.53. The van der Waals surface area contributed by atoms with Crippen molar-refractivity contribution < 1.29 is 14.3 Å². The third-order valence-electron chi connectivity index (χ3n) is 2.95. The fourth-order valence-electron chi connectivity index (χ4n) is 1.89. The summed E-state index contributed by atoms with van der Waals surface area (Å²) in [6.45, 7) is 7.28. The smallest absolute Gasteiger partial charge is 0.413 e. The van der Waals surface area contributed by atoms with E-state index in [1.165, 1.54) is 6.34 Å². The Hall–Kier alpha value is -2.64. The van der Waals surface area contributed by atoms with Crippen molar-refractivity contribution in [1.82, 2.24) is 15.3 Å². The number of ether oxygens (including phenoxy) is 1. The summed E-state index contributed by atoms with van der Waals surface area (Å²) in [5, 5.41) is 6.42. The van der Waals surface area contributed by atoms with E-state index in [-0.39, 0.29) is 18.2 Å². The number of pyridine rings is 1. The van der Waals surface area contributed by atoms with E-state index in [4.69, 9.17) is 4.74 Å². The summed E-state index contributed by atoms with van der Waals surface area (Å²) in [7, 11) is 3.63. The van der Waals surface area contributed by atoms with Gasteiger partial charge in [-0.05, 0) is 44.4 Å². The molecule has 0 fully saturated rings. The van der Waals surface area contributed by atoms with E-state index < -0.39 is 11.7 Å². The molecule has 138 valence electrons. The lowest BCUT2D eigenvalue weighted by Gasteiger charge is -2.19. The number of hydrogen-bond acceptors (Lipinski definition) is 5. The summed E-state index contributed by atoms with van der Waals surface area (Å²) in [6.07, 6.45) is 2.79. The van der Waals surface area contributed by atoms with Crippen LogP contribution in [0, 0.1) is 0 Å². The van der Waals surface area contributed by atoms with Gasteiger partial charge in [0, 0.05) is 26.7 Å². The van der Waals surface area contributed by atoms with Gasteiger partial charge in [0.2, 0.25) is 5.91 Å². The first-order chi connectivity index (χ1) is 11.6. The van der Waals surface area contributed by atoms with Crippen LogP contribution in [0.4, 0.5) is 10.6 Å². The molecule has 0 bridgehead atoms. The van der Waals surface area contributed by atoms with Gasteiger partial charge >= 0.3 is 6.09 Å². The van der Waals surface area contributed by atoms with Crippen LogP contribution in [-0.2, 0) is 9.53 Å². The summed E-state index contributed by atoms with van der Waals surface area (Å²) >= 11 is 0. The zero-order chi connectivity index (χ0) is 19.0. The van der Waals surface area contributed by atoms with Crippen molar-refractivity contribution in [2.75, 3.05) is 19.4 Å². The second kappa shape index (κ2) is 9.00. The minimum absolute atomic E-state index is 0.0586. The third-order valence-corrected chi connectivity index (χ3v) is 2.95. The first kappa shape index (κ1) is 20.4. The Kier molecular flexibility index (Phi) is 7.35. The zero-order valence-corrected chi connectivity index (χ0v) is 15.7. The number of aromatic nitrogens is 1. The van der Waals surface area contributed by atoms with Gasteiger partial charge in [-0.2, -0.15) is 5.10 Å². The van der Waals surface area contributed by atoms with E-state index in [1.807, 2.05) is 21.0 Å². The highest BCUT2D eigenvalue weighted by atomic mass is 16.6. The summed E-state index contributed by atoms with van der Waals surface area (Å²) < 4.78 is 5.20. The van der Waals surface area contributed by atoms with Gasteiger partial charge in [-0.15, -0.1) is 0 Å². The van der Waals surface area contributed by atoms with Crippen LogP contribution in [0.1, 0.15) is 45.6 Å². The van der Waals surface area contributed by atoms with E-state index in [1.54, 1.807) is 44.0 Å². The predicted octanol–water partition coefficient (Wildman–Crippen LogP) is 2.54. The summed E-state index contributed by atoms with van der Waals surface area (Å²) in [5.74, 6) is 0.130. The topological polar surface area (TPSA) is 95.9 Å². The lowest BCUT2D eigenvalue weighted by Crippen LogP contribution is -2.27. The molecule has 1 heterocycles. The van der Waals surface area contributed by atoms with Crippen LogP contribution in [0.5, 0.6) is 0 Å². The van der Waals surface area contributed by atoms with Crippen molar-refractivity contribution >= 4 is 24.2 Å². The van der Waals surface area contributed by atoms with Crippen molar-refractivity contribution in [1.29, 1.82) is 0 Å². The normalized spacial score (nSPS) is 12.6. The molecular formula is C17H27N5O3. The molecule has 0 aliphatic heterocycles. The molecule has 1 aromatic rings. The van der Waals surface area contributed by atoms with Crippen LogP contribution in [0.2, 0.25) is 0 Å². The fourth-order valence-corrected chi connectivity index (χ4v) is 1.89. The predicted molar refractivity (Wildman–Crippen MR) is 97.4 cm³/mol. The van der Waals surface area contributed by atoms with E-state index >= 15 is 0 Å². The Morgan fingerprint density at radius 2 is 2.08 bits per heavy atom. The molecule has 8 heteroatoms. The molecule has 1 atom stereocenters. The van der Waals surface area contributed by atoms with Crippen molar-refractivity contribution in [3.63, 3.8) is 0 Å².